The zero-order valence-corrected chi connectivity index (χ0v) is 11.2. The van der Waals surface area contributed by atoms with E-state index >= 15 is 0 Å². The summed E-state index contributed by atoms with van der Waals surface area (Å²) in [6, 6.07) is 10.7. The van der Waals surface area contributed by atoms with Gasteiger partial charge >= 0.3 is 0 Å². The zero-order valence-electron chi connectivity index (χ0n) is 10.4. The molecule has 18 heavy (non-hydrogen) atoms. The van der Waals surface area contributed by atoms with Gasteiger partial charge in [-0.2, -0.15) is 0 Å². The Kier molecular flexibility index (Phi) is 4.00. The lowest BCUT2D eigenvalue weighted by Crippen LogP contribution is -2.06. The number of aryl methyl sites for hydroxylation is 1. The van der Waals surface area contributed by atoms with Crippen LogP contribution in [-0.4, -0.2) is 7.05 Å². The summed E-state index contributed by atoms with van der Waals surface area (Å²) in [7, 11) is 1.90. The van der Waals surface area contributed by atoms with Crippen LogP contribution in [0.25, 0.3) is 11.1 Å². The van der Waals surface area contributed by atoms with E-state index in [9.17, 15) is 4.39 Å². The smallest absolute Gasteiger partial charge is 0.124 e. The molecule has 0 spiro atoms. The van der Waals surface area contributed by atoms with Gasteiger partial charge in [0, 0.05) is 12.1 Å². The maximum absolute atomic E-state index is 13.1. The third kappa shape index (κ3) is 2.71. The van der Waals surface area contributed by atoms with Crippen LogP contribution in [0.2, 0.25) is 5.02 Å². The summed E-state index contributed by atoms with van der Waals surface area (Å²) in [6.07, 6.45) is 0. The van der Waals surface area contributed by atoms with Crippen molar-refractivity contribution in [1.82, 2.24) is 5.32 Å². The Hall–Kier alpha value is -1.38. The molecule has 94 valence electrons. The van der Waals surface area contributed by atoms with E-state index in [0.29, 0.717) is 5.02 Å². The fourth-order valence-electron chi connectivity index (χ4n) is 1.99. The summed E-state index contributed by atoms with van der Waals surface area (Å²) < 4.78 is 13.1. The van der Waals surface area contributed by atoms with Crippen LogP contribution in [0.5, 0.6) is 0 Å². The van der Waals surface area contributed by atoms with Gasteiger partial charge in [-0.15, -0.1) is 0 Å². The minimum atomic E-state index is -0.313. The molecule has 2 aromatic rings. The molecular formula is C15H15ClFN. The molecule has 0 aromatic heterocycles. The van der Waals surface area contributed by atoms with Gasteiger partial charge in [0.25, 0.3) is 0 Å². The van der Waals surface area contributed by atoms with E-state index in [-0.39, 0.29) is 5.82 Å². The van der Waals surface area contributed by atoms with Crippen LogP contribution >= 0.6 is 11.6 Å². The van der Waals surface area contributed by atoms with Gasteiger partial charge in [-0.05, 0) is 43.3 Å². The van der Waals surface area contributed by atoms with Crippen molar-refractivity contribution in [3.8, 4) is 11.1 Å². The van der Waals surface area contributed by atoms with Gasteiger partial charge in [-0.25, -0.2) is 4.39 Å². The van der Waals surface area contributed by atoms with Gasteiger partial charge in [-0.1, -0.05) is 35.4 Å². The second-order valence-corrected chi connectivity index (χ2v) is 4.72. The molecule has 2 rings (SSSR count). The van der Waals surface area contributed by atoms with E-state index < -0.39 is 0 Å². The molecule has 0 saturated heterocycles. The molecule has 0 amide bonds. The van der Waals surface area contributed by atoms with Crippen molar-refractivity contribution >= 4 is 11.6 Å². The van der Waals surface area contributed by atoms with Gasteiger partial charge < -0.3 is 5.32 Å². The first-order valence-electron chi connectivity index (χ1n) is 5.81. The molecule has 0 radical (unpaired) electrons. The van der Waals surface area contributed by atoms with Gasteiger partial charge in [-0.3, -0.25) is 0 Å². The Bertz CT molecular complexity index is 566. The zero-order chi connectivity index (χ0) is 13.1. The summed E-state index contributed by atoms with van der Waals surface area (Å²) in [5.41, 5.74) is 4.23. The number of nitrogens with one attached hydrogen (secondary N) is 1. The highest BCUT2D eigenvalue weighted by Crippen LogP contribution is 2.31. The first-order chi connectivity index (χ1) is 8.61. The highest BCUT2D eigenvalue weighted by atomic mass is 35.5. The Morgan fingerprint density at radius 1 is 1.11 bits per heavy atom. The Labute approximate surface area is 112 Å². The number of hydrogen-bond acceptors (Lipinski definition) is 1. The standard InChI is InChI=1S/C15H15ClFN/c1-10-3-4-11(9-18-2)14(7-10)13-6-5-12(17)8-15(13)16/h3-8,18H,9H2,1-2H3. The summed E-state index contributed by atoms with van der Waals surface area (Å²) in [5, 5.41) is 3.57. The van der Waals surface area contributed by atoms with E-state index in [2.05, 4.69) is 23.5 Å². The molecule has 0 aliphatic heterocycles. The van der Waals surface area contributed by atoms with Crippen molar-refractivity contribution in [1.29, 1.82) is 0 Å². The molecule has 0 aliphatic carbocycles. The molecule has 0 saturated carbocycles. The van der Waals surface area contributed by atoms with Crippen molar-refractivity contribution in [2.24, 2.45) is 0 Å². The Morgan fingerprint density at radius 3 is 2.56 bits per heavy atom. The topological polar surface area (TPSA) is 12.0 Å². The summed E-state index contributed by atoms with van der Waals surface area (Å²) in [5.74, 6) is -0.313. The van der Waals surface area contributed by atoms with Crippen molar-refractivity contribution in [3.63, 3.8) is 0 Å². The number of benzene rings is 2. The first kappa shape index (κ1) is 13.1. The Balaban J connectivity index is 2.57. The van der Waals surface area contributed by atoms with E-state index in [4.69, 9.17) is 11.6 Å². The van der Waals surface area contributed by atoms with E-state index in [0.717, 1.165) is 28.8 Å². The molecule has 0 aliphatic rings. The predicted molar refractivity (Wildman–Crippen MR) is 74.3 cm³/mol. The molecule has 1 N–H and O–H groups in total. The lowest BCUT2D eigenvalue weighted by atomic mass is 9.97. The molecule has 2 aromatic carbocycles. The van der Waals surface area contributed by atoms with Crippen molar-refractivity contribution in [2.45, 2.75) is 13.5 Å². The summed E-state index contributed by atoms with van der Waals surface area (Å²) in [6.45, 7) is 2.79. The molecule has 3 heteroatoms. The highest BCUT2D eigenvalue weighted by Gasteiger charge is 2.09. The van der Waals surface area contributed by atoms with Gasteiger partial charge in [0.05, 0.1) is 5.02 Å². The van der Waals surface area contributed by atoms with Crippen LogP contribution in [0.3, 0.4) is 0 Å². The predicted octanol–water partition coefficient (Wildman–Crippen LogP) is 4.17. The van der Waals surface area contributed by atoms with Crippen LogP contribution in [-0.2, 0) is 6.54 Å². The van der Waals surface area contributed by atoms with Crippen LogP contribution in [0.1, 0.15) is 11.1 Å². The van der Waals surface area contributed by atoms with E-state index in [1.54, 1.807) is 6.07 Å². The van der Waals surface area contributed by atoms with Crippen LogP contribution < -0.4 is 5.32 Å². The van der Waals surface area contributed by atoms with Gasteiger partial charge in [0.1, 0.15) is 5.82 Å². The van der Waals surface area contributed by atoms with E-state index in [1.165, 1.54) is 12.1 Å². The molecule has 0 unspecified atom stereocenters. The number of halogens is 2. The minimum Gasteiger partial charge on any atom is -0.316 e. The fraction of sp³-hybridized carbons (Fsp3) is 0.200. The second kappa shape index (κ2) is 5.51. The molecular weight excluding hydrogens is 249 g/mol. The van der Waals surface area contributed by atoms with E-state index in [1.807, 2.05) is 14.0 Å². The molecule has 0 bridgehead atoms. The maximum atomic E-state index is 13.1. The second-order valence-electron chi connectivity index (χ2n) is 4.32. The van der Waals surface area contributed by atoms with Gasteiger partial charge in [0.15, 0.2) is 0 Å². The monoisotopic (exact) mass is 263 g/mol. The van der Waals surface area contributed by atoms with Crippen molar-refractivity contribution in [3.05, 3.63) is 58.4 Å². The van der Waals surface area contributed by atoms with Crippen molar-refractivity contribution < 1.29 is 4.39 Å². The number of rotatable bonds is 3. The summed E-state index contributed by atoms with van der Waals surface area (Å²) in [4.78, 5) is 0. The first-order valence-corrected chi connectivity index (χ1v) is 6.19. The maximum Gasteiger partial charge on any atom is 0.124 e. The molecule has 0 heterocycles. The quantitative estimate of drug-likeness (QED) is 0.876. The Morgan fingerprint density at radius 2 is 1.89 bits per heavy atom. The number of hydrogen-bond donors (Lipinski definition) is 1. The lowest BCUT2D eigenvalue weighted by Gasteiger charge is -2.12. The largest absolute Gasteiger partial charge is 0.316 e. The average molecular weight is 264 g/mol. The lowest BCUT2D eigenvalue weighted by molar-refractivity contribution is 0.628. The van der Waals surface area contributed by atoms with Gasteiger partial charge in [0.2, 0.25) is 0 Å². The molecule has 0 atom stereocenters. The third-order valence-corrected chi connectivity index (χ3v) is 3.17. The average Bonchev–Trinajstić information content (AvgIpc) is 2.32. The van der Waals surface area contributed by atoms with Crippen LogP contribution in [0, 0.1) is 12.7 Å². The molecule has 1 nitrogen and oxygen atoms in total. The fourth-order valence-corrected chi connectivity index (χ4v) is 2.26. The van der Waals surface area contributed by atoms with Crippen LogP contribution in [0.15, 0.2) is 36.4 Å². The normalized spacial score (nSPS) is 10.7. The van der Waals surface area contributed by atoms with Crippen LogP contribution in [0.4, 0.5) is 4.39 Å². The highest BCUT2D eigenvalue weighted by molar-refractivity contribution is 6.33. The third-order valence-electron chi connectivity index (χ3n) is 2.85. The molecule has 0 fully saturated rings. The SMILES string of the molecule is CNCc1ccc(C)cc1-c1ccc(F)cc1Cl. The van der Waals surface area contributed by atoms with Crippen molar-refractivity contribution in [2.75, 3.05) is 7.05 Å². The summed E-state index contributed by atoms with van der Waals surface area (Å²) >= 11 is 6.13. The minimum absolute atomic E-state index is 0.313.